The highest BCUT2D eigenvalue weighted by atomic mass is 32.2. The number of rotatable bonds is 8. The number of hydrogen-bond acceptors (Lipinski definition) is 7. The summed E-state index contributed by atoms with van der Waals surface area (Å²) >= 11 is 0. The summed E-state index contributed by atoms with van der Waals surface area (Å²) in [5.41, 5.74) is 1.68. The Labute approximate surface area is 222 Å². The molecule has 2 aromatic carbocycles. The van der Waals surface area contributed by atoms with Crippen molar-refractivity contribution in [2.75, 3.05) is 0 Å². The number of ether oxygens (including phenoxy) is 1. The van der Waals surface area contributed by atoms with E-state index in [9.17, 15) is 23.3 Å². The van der Waals surface area contributed by atoms with E-state index in [4.69, 9.17) is 4.74 Å². The van der Waals surface area contributed by atoms with Crippen LogP contribution in [0.2, 0.25) is 0 Å². The molecule has 0 bridgehead atoms. The molecule has 1 aromatic heterocycles. The summed E-state index contributed by atoms with van der Waals surface area (Å²) in [4.78, 5) is 23.3. The second-order valence-corrected chi connectivity index (χ2v) is 12.0. The first-order chi connectivity index (χ1) is 17.5. The molecule has 204 valence electrons. The Morgan fingerprint density at radius 1 is 1.11 bits per heavy atom. The summed E-state index contributed by atoms with van der Waals surface area (Å²) in [5, 5.41) is 18.8. The second-order valence-electron chi connectivity index (χ2n) is 10.4. The van der Waals surface area contributed by atoms with E-state index < -0.39 is 37.0 Å². The smallest absolute Gasteiger partial charge is 0.272 e. The van der Waals surface area contributed by atoms with Crippen LogP contribution in [-0.4, -0.2) is 40.6 Å². The monoisotopic (exact) mass is 543 g/mol. The molecule has 0 aliphatic heterocycles. The van der Waals surface area contributed by atoms with E-state index in [-0.39, 0.29) is 23.4 Å². The van der Waals surface area contributed by atoms with E-state index in [1.54, 1.807) is 33.8 Å². The molecular formula is C26H33N5O6S. The lowest BCUT2D eigenvalue weighted by Crippen LogP contribution is -2.40. The standard InChI is InChI=1S/C26H33N5O6S/c1-15(2)27-24(32)23-18(5)25(30(28-23)20-11-9-10-16(3)17(20)4)37-21-13-12-19(31(33)34)14-22(21)38(35,36)29-26(6,7)8/h9-15,29H,1-8H3,(H,27,32). The number of sulfonamides is 1. The lowest BCUT2D eigenvalue weighted by atomic mass is 10.1. The molecule has 0 spiro atoms. The Morgan fingerprint density at radius 3 is 2.34 bits per heavy atom. The number of amides is 1. The van der Waals surface area contributed by atoms with Gasteiger partial charge in [0.2, 0.25) is 15.9 Å². The van der Waals surface area contributed by atoms with Gasteiger partial charge in [0.05, 0.1) is 10.6 Å². The SMILES string of the molecule is Cc1cccc(-n2nc(C(=O)NC(C)C)c(C)c2Oc2ccc([N+](=O)[O-])cc2S(=O)(=O)NC(C)(C)C)c1C. The third-order valence-electron chi connectivity index (χ3n) is 5.58. The van der Waals surface area contributed by atoms with Gasteiger partial charge in [0.1, 0.15) is 10.6 Å². The van der Waals surface area contributed by atoms with Crippen LogP contribution in [0.1, 0.15) is 61.8 Å². The summed E-state index contributed by atoms with van der Waals surface area (Å²) < 4.78 is 36.7. The fourth-order valence-electron chi connectivity index (χ4n) is 3.74. The minimum Gasteiger partial charge on any atom is -0.437 e. The Bertz CT molecular complexity index is 1500. The van der Waals surface area contributed by atoms with Crippen LogP contribution in [0.5, 0.6) is 11.6 Å². The van der Waals surface area contributed by atoms with Crippen LogP contribution in [0.3, 0.4) is 0 Å². The number of carbonyl (C=O) groups is 1. The van der Waals surface area contributed by atoms with Gasteiger partial charge < -0.3 is 10.1 Å². The normalized spacial score (nSPS) is 12.0. The number of nitrogens with zero attached hydrogens (tertiary/aromatic N) is 3. The molecule has 0 aliphatic rings. The van der Waals surface area contributed by atoms with Crippen molar-refractivity contribution in [2.45, 2.75) is 71.9 Å². The Morgan fingerprint density at radius 2 is 1.76 bits per heavy atom. The van der Waals surface area contributed by atoms with Gasteiger partial charge in [-0.3, -0.25) is 14.9 Å². The summed E-state index contributed by atoms with van der Waals surface area (Å²) in [5.74, 6) is -0.469. The molecule has 2 N–H and O–H groups in total. The highest BCUT2D eigenvalue weighted by molar-refractivity contribution is 7.89. The first kappa shape index (κ1) is 28.8. The average Bonchev–Trinajstić information content (AvgIpc) is 3.09. The Balaban J connectivity index is 2.27. The molecule has 3 aromatic rings. The van der Waals surface area contributed by atoms with Gasteiger partial charge in [-0.15, -0.1) is 0 Å². The molecule has 1 amide bonds. The van der Waals surface area contributed by atoms with Crippen LogP contribution >= 0.6 is 0 Å². The topological polar surface area (TPSA) is 145 Å². The zero-order valence-corrected chi connectivity index (χ0v) is 23.6. The van der Waals surface area contributed by atoms with Gasteiger partial charge in [0.25, 0.3) is 11.6 Å². The summed E-state index contributed by atoms with van der Waals surface area (Å²) in [7, 11) is -4.24. The molecule has 0 unspecified atom stereocenters. The first-order valence-corrected chi connectivity index (χ1v) is 13.5. The molecule has 12 heteroatoms. The van der Waals surface area contributed by atoms with E-state index in [1.807, 2.05) is 39.8 Å². The van der Waals surface area contributed by atoms with Gasteiger partial charge in [-0.05, 0) is 78.6 Å². The third kappa shape index (κ3) is 6.20. The van der Waals surface area contributed by atoms with Gasteiger partial charge in [-0.1, -0.05) is 12.1 Å². The summed E-state index contributed by atoms with van der Waals surface area (Å²) in [6.45, 7) is 14.1. The van der Waals surface area contributed by atoms with Crippen molar-refractivity contribution in [1.82, 2.24) is 19.8 Å². The number of hydrogen-bond donors (Lipinski definition) is 2. The fraction of sp³-hybridized carbons (Fsp3) is 0.385. The van der Waals surface area contributed by atoms with Crippen LogP contribution in [0.15, 0.2) is 41.3 Å². The van der Waals surface area contributed by atoms with E-state index in [0.29, 0.717) is 11.3 Å². The molecule has 0 radical (unpaired) electrons. The minimum absolute atomic E-state index is 0.105. The van der Waals surface area contributed by atoms with Crippen molar-refractivity contribution in [3.05, 3.63) is 68.9 Å². The minimum atomic E-state index is -4.24. The zero-order valence-electron chi connectivity index (χ0n) is 22.7. The maximum Gasteiger partial charge on any atom is 0.272 e. The summed E-state index contributed by atoms with van der Waals surface area (Å²) in [6.07, 6.45) is 0. The number of aryl methyl sites for hydroxylation is 1. The van der Waals surface area contributed by atoms with Crippen LogP contribution in [0, 0.1) is 30.9 Å². The molecule has 3 rings (SSSR count). The van der Waals surface area contributed by atoms with Crippen LogP contribution in [0.25, 0.3) is 5.69 Å². The maximum atomic E-state index is 13.3. The maximum absolute atomic E-state index is 13.3. The molecular weight excluding hydrogens is 510 g/mol. The van der Waals surface area contributed by atoms with Crippen molar-refractivity contribution in [3.63, 3.8) is 0 Å². The second kappa shape index (κ2) is 10.5. The van der Waals surface area contributed by atoms with Crippen molar-refractivity contribution >= 4 is 21.6 Å². The fourth-order valence-corrected chi connectivity index (χ4v) is 5.31. The molecule has 1 heterocycles. The molecule has 0 aliphatic carbocycles. The highest BCUT2D eigenvalue weighted by Crippen LogP contribution is 2.36. The van der Waals surface area contributed by atoms with Gasteiger partial charge in [0.15, 0.2) is 5.69 Å². The number of non-ortho nitro benzene ring substituents is 1. The number of nitrogens with one attached hydrogen (secondary N) is 2. The molecule has 0 atom stereocenters. The molecule has 11 nitrogen and oxygen atoms in total. The first-order valence-electron chi connectivity index (χ1n) is 12.0. The number of nitro benzene ring substituents is 1. The molecule has 0 saturated carbocycles. The van der Waals surface area contributed by atoms with E-state index in [0.717, 1.165) is 23.3 Å². The van der Waals surface area contributed by atoms with Gasteiger partial charge in [0, 0.05) is 29.3 Å². The molecule has 38 heavy (non-hydrogen) atoms. The number of carbonyl (C=O) groups excluding carboxylic acids is 1. The number of benzene rings is 2. The average molecular weight is 544 g/mol. The largest absolute Gasteiger partial charge is 0.437 e. The van der Waals surface area contributed by atoms with E-state index >= 15 is 0 Å². The van der Waals surface area contributed by atoms with Crippen molar-refractivity contribution < 1.29 is 22.9 Å². The van der Waals surface area contributed by atoms with Crippen molar-refractivity contribution in [2.24, 2.45) is 0 Å². The van der Waals surface area contributed by atoms with Crippen molar-refractivity contribution in [3.8, 4) is 17.3 Å². The third-order valence-corrected chi connectivity index (χ3v) is 7.36. The lowest BCUT2D eigenvalue weighted by Gasteiger charge is -2.21. The van der Waals surface area contributed by atoms with E-state index in [2.05, 4.69) is 15.1 Å². The van der Waals surface area contributed by atoms with Gasteiger partial charge >= 0.3 is 0 Å². The highest BCUT2D eigenvalue weighted by Gasteiger charge is 2.30. The predicted octanol–water partition coefficient (Wildman–Crippen LogP) is 4.71. The Kier molecular flexibility index (Phi) is 7.99. The number of nitro groups is 1. The van der Waals surface area contributed by atoms with Crippen LogP contribution in [-0.2, 0) is 10.0 Å². The zero-order chi connectivity index (χ0) is 28.6. The van der Waals surface area contributed by atoms with Gasteiger partial charge in [-0.25, -0.2) is 13.1 Å². The Hall–Kier alpha value is -3.77. The predicted molar refractivity (Wildman–Crippen MR) is 144 cm³/mol. The van der Waals surface area contributed by atoms with Crippen LogP contribution < -0.4 is 14.8 Å². The van der Waals surface area contributed by atoms with Gasteiger partial charge in [-0.2, -0.15) is 9.78 Å². The molecule has 0 saturated heterocycles. The quantitative estimate of drug-likeness (QED) is 0.309. The lowest BCUT2D eigenvalue weighted by molar-refractivity contribution is -0.385. The molecule has 0 fully saturated rings. The van der Waals surface area contributed by atoms with E-state index in [1.165, 1.54) is 10.7 Å². The van der Waals surface area contributed by atoms with Crippen LogP contribution in [0.4, 0.5) is 5.69 Å². The summed E-state index contributed by atoms with van der Waals surface area (Å²) in [6, 6.07) is 8.76. The number of aromatic nitrogens is 2. The van der Waals surface area contributed by atoms with Crippen molar-refractivity contribution in [1.29, 1.82) is 0 Å².